The van der Waals surface area contributed by atoms with Gasteiger partial charge in [-0.15, -0.1) is 0 Å². The first kappa shape index (κ1) is 8.31. The van der Waals surface area contributed by atoms with E-state index in [-0.39, 0.29) is 6.04 Å². The molecule has 58 valence electrons. The van der Waals surface area contributed by atoms with E-state index < -0.39 is 0 Å². The first-order valence-electron chi connectivity index (χ1n) is 3.21. The van der Waals surface area contributed by atoms with Gasteiger partial charge in [-0.1, -0.05) is 0 Å². The molecule has 0 aliphatic heterocycles. The van der Waals surface area contributed by atoms with Crippen LogP contribution in [-0.2, 0) is 0 Å². The summed E-state index contributed by atoms with van der Waals surface area (Å²) in [6, 6.07) is 3.67. The van der Waals surface area contributed by atoms with E-state index in [0.717, 1.165) is 10.2 Å². The smallest absolute Gasteiger partial charge is 0.0642 e. The molecule has 3 nitrogen and oxygen atoms in total. The fourth-order valence-corrected chi connectivity index (χ4v) is 1.39. The average molecular weight is 214 g/mol. The third-order valence-electron chi connectivity index (χ3n) is 1.41. The standard InChI is InChI=1S/C7H8BrN3/c8-5-2-4-11-7(5)6(10)1-3-9/h2,4,6,11H,1,10H2/t6-/m1/s1. The molecule has 0 aromatic carbocycles. The van der Waals surface area contributed by atoms with Crippen LogP contribution in [0.5, 0.6) is 0 Å². The van der Waals surface area contributed by atoms with Crippen LogP contribution in [0.2, 0.25) is 0 Å². The van der Waals surface area contributed by atoms with Crippen LogP contribution in [0.25, 0.3) is 0 Å². The van der Waals surface area contributed by atoms with E-state index in [2.05, 4.69) is 20.9 Å². The zero-order chi connectivity index (χ0) is 8.27. The zero-order valence-electron chi connectivity index (χ0n) is 5.84. The van der Waals surface area contributed by atoms with Gasteiger partial charge in [0.1, 0.15) is 0 Å². The number of hydrogen-bond acceptors (Lipinski definition) is 2. The van der Waals surface area contributed by atoms with Gasteiger partial charge in [-0.25, -0.2) is 0 Å². The lowest BCUT2D eigenvalue weighted by Crippen LogP contribution is -2.09. The molecule has 1 rings (SSSR count). The largest absolute Gasteiger partial charge is 0.363 e. The summed E-state index contributed by atoms with van der Waals surface area (Å²) in [7, 11) is 0. The minimum atomic E-state index is -0.218. The van der Waals surface area contributed by atoms with Gasteiger partial charge in [-0.2, -0.15) is 5.26 Å². The number of halogens is 1. The molecule has 0 spiro atoms. The predicted octanol–water partition coefficient (Wildman–Crippen LogP) is 1.69. The van der Waals surface area contributed by atoms with Crippen LogP contribution >= 0.6 is 15.9 Å². The summed E-state index contributed by atoms with van der Waals surface area (Å²) in [6.07, 6.45) is 2.12. The van der Waals surface area contributed by atoms with Crippen LogP contribution in [0, 0.1) is 11.3 Å². The highest BCUT2D eigenvalue weighted by Gasteiger charge is 2.09. The van der Waals surface area contributed by atoms with E-state index in [1.807, 2.05) is 12.1 Å². The Bertz CT molecular complexity index is 273. The van der Waals surface area contributed by atoms with Crippen molar-refractivity contribution in [2.75, 3.05) is 0 Å². The Kier molecular flexibility index (Phi) is 2.69. The fraction of sp³-hybridized carbons (Fsp3) is 0.286. The molecule has 0 bridgehead atoms. The lowest BCUT2D eigenvalue weighted by Gasteiger charge is -2.04. The Balaban J connectivity index is 2.77. The third-order valence-corrected chi connectivity index (χ3v) is 2.10. The van der Waals surface area contributed by atoms with Crippen LogP contribution in [-0.4, -0.2) is 4.98 Å². The molecule has 11 heavy (non-hydrogen) atoms. The van der Waals surface area contributed by atoms with Crippen LogP contribution in [0.3, 0.4) is 0 Å². The van der Waals surface area contributed by atoms with Crippen molar-refractivity contribution in [3.8, 4) is 6.07 Å². The lowest BCUT2D eigenvalue weighted by molar-refractivity contribution is 0.722. The molecular weight excluding hydrogens is 206 g/mol. The molecule has 0 amide bonds. The topological polar surface area (TPSA) is 65.6 Å². The highest BCUT2D eigenvalue weighted by Crippen LogP contribution is 2.21. The first-order valence-corrected chi connectivity index (χ1v) is 4.00. The molecule has 1 aromatic rings. The predicted molar refractivity (Wildman–Crippen MR) is 45.7 cm³/mol. The van der Waals surface area contributed by atoms with Gasteiger partial charge < -0.3 is 10.7 Å². The summed E-state index contributed by atoms with van der Waals surface area (Å²) in [5, 5.41) is 8.37. The quantitative estimate of drug-likeness (QED) is 0.786. The van der Waals surface area contributed by atoms with Crippen molar-refractivity contribution in [1.29, 1.82) is 5.26 Å². The second kappa shape index (κ2) is 3.56. The Hall–Kier alpha value is -0.790. The van der Waals surface area contributed by atoms with E-state index in [4.69, 9.17) is 11.0 Å². The molecule has 1 heterocycles. The number of H-pyrrole nitrogens is 1. The van der Waals surface area contributed by atoms with Crippen molar-refractivity contribution in [3.63, 3.8) is 0 Å². The molecule has 0 radical (unpaired) electrons. The summed E-state index contributed by atoms with van der Waals surface area (Å²) in [5.74, 6) is 0. The minimum absolute atomic E-state index is 0.218. The summed E-state index contributed by atoms with van der Waals surface area (Å²) in [4.78, 5) is 2.97. The van der Waals surface area contributed by atoms with Crippen molar-refractivity contribution in [2.24, 2.45) is 5.73 Å². The SMILES string of the molecule is N#CC[C@@H](N)c1[nH]ccc1Br. The Morgan fingerprint density at radius 3 is 3.00 bits per heavy atom. The van der Waals surface area contributed by atoms with E-state index in [0.29, 0.717) is 6.42 Å². The number of nitrogens with one attached hydrogen (secondary N) is 1. The zero-order valence-corrected chi connectivity index (χ0v) is 7.43. The molecule has 0 saturated heterocycles. The van der Waals surface area contributed by atoms with Gasteiger partial charge in [0.15, 0.2) is 0 Å². The van der Waals surface area contributed by atoms with Gasteiger partial charge in [0.2, 0.25) is 0 Å². The number of nitrogens with two attached hydrogens (primary N) is 1. The molecule has 4 heteroatoms. The summed E-state index contributed by atoms with van der Waals surface area (Å²) >= 11 is 3.32. The molecule has 0 saturated carbocycles. The van der Waals surface area contributed by atoms with Gasteiger partial charge in [0, 0.05) is 16.4 Å². The Morgan fingerprint density at radius 1 is 1.82 bits per heavy atom. The molecule has 0 aliphatic carbocycles. The average Bonchev–Trinajstić information content (AvgIpc) is 2.36. The second-order valence-electron chi connectivity index (χ2n) is 2.21. The van der Waals surface area contributed by atoms with E-state index >= 15 is 0 Å². The molecule has 0 aliphatic rings. The summed E-state index contributed by atoms with van der Waals surface area (Å²) in [6.45, 7) is 0. The molecular formula is C7H8BrN3. The molecule has 3 N–H and O–H groups in total. The van der Waals surface area contributed by atoms with Gasteiger partial charge >= 0.3 is 0 Å². The van der Waals surface area contributed by atoms with E-state index in [9.17, 15) is 0 Å². The maximum Gasteiger partial charge on any atom is 0.0642 e. The van der Waals surface area contributed by atoms with Crippen molar-refractivity contribution in [2.45, 2.75) is 12.5 Å². The van der Waals surface area contributed by atoms with Gasteiger partial charge in [0.25, 0.3) is 0 Å². The number of nitriles is 1. The summed E-state index contributed by atoms with van der Waals surface area (Å²) in [5.41, 5.74) is 6.55. The maximum absolute atomic E-state index is 8.37. The number of aromatic amines is 1. The second-order valence-corrected chi connectivity index (χ2v) is 3.06. The van der Waals surface area contributed by atoms with Crippen LogP contribution < -0.4 is 5.73 Å². The third kappa shape index (κ3) is 1.82. The molecule has 0 fully saturated rings. The number of hydrogen-bond donors (Lipinski definition) is 2. The van der Waals surface area contributed by atoms with E-state index in [1.165, 1.54) is 0 Å². The van der Waals surface area contributed by atoms with E-state index in [1.54, 1.807) is 6.20 Å². The number of nitrogens with zero attached hydrogens (tertiary/aromatic N) is 1. The first-order chi connectivity index (χ1) is 5.25. The highest BCUT2D eigenvalue weighted by atomic mass is 79.9. The van der Waals surface area contributed by atoms with Crippen LogP contribution in [0.1, 0.15) is 18.2 Å². The van der Waals surface area contributed by atoms with Crippen molar-refractivity contribution < 1.29 is 0 Å². The number of aromatic nitrogens is 1. The lowest BCUT2D eigenvalue weighted by atomic mass is 10.2. The van der Waals surface area contributed by atoms with Crippen LogP contribution in [0.4, 0.5) is 0 Å². The molecule has 1 aromatic heterocycles. The maximum atomic E-state index is 8.37. The van der Waals surface area contributed by atoms with Gasteiger partial charge in [0.05, 0.1) is 18.5 Å². The fourth-order valence-electron chi connectivity index (χ4n) is 0.848. The molecule has 0 unspecified atom stereocenters. The van der Waals surface area contributed by atoms with Crippen molar-refractivity contribution in [3.05, 3.63) is 22.4 Å². The van der Waals surface area contributed by atoms with Crippen LogP contribution in [0.15, 0.2) is 16.7 Å². The summed E-state index contributed by atoms with van der Waals surface area (Å²) < 4.78 is 0.931. The van der Waals surface area contributed by atoms with Gasteiger partial charge in [-0.05, 0) is 22.0 Å². The minimum Gasteiger partial charge on any atom is -0.363 e. The Morgan fingerprint density at radius 2 is 2.55 bits per heavy atom. The van der Waals surface area contributed by atoms with Crippen molar-refractivity contribution in [1.82, 2.24) is 4.98 Å². The van der Waals surface area contributed by atoms with Crippen molar-refractivity contribution >= 4 is 15.9 Å². The highest BCUT2D eigenvalue weighted by molar-refractivity contribution is 9.10. The normalized spacial score (nSPS) is 12.5. The molecule has 1 atom stereocenters. The number of rotatable bonds is 2. The monoisotopic (exact) mass is 213 g/mol. The Labute approximate surface area is 73.3 Å². The van der Waals surface area contributed by atoms with Gasteiger partial charge in [-0.3, -0.25) is 0 Å².